The molecule has 0 aliphatic rings. The van der Waals surface area contributed by atoms with Gasteiger partial charge < -0.3 is 14.7 Å². The molecule has 0 aliphatic carbocycles. The van der Waals surface area contributed by atoms with Crippen molar-refractivity contribution in [3.8, 4) is 5.75 Å². The lowest BCUT2D eigenvalue weighted by molar-refractivity contribution is -0.289. The Morgan fingerprint density at radius 3 is 1.93 bits per heavy atom. The van der Waals surface area contributed by atoms with E-state index in [1.165, 1.54) is 29.2 Å². The van der Waals surface area contributed by atoms with Gasteiger partial charge in [-0.05, 0) is 48.0 Å². The third kappa shape index (κ3) is 7.34. The number of benzene rings is 4. The second-order valence-electron chi connectivity index (χ2n) is 9.34. The highest BCUT2D eigenvalue weighted by atomic mass is 35.5. The summed E-state index contributed by atoms with van der Waals surface area (Å²) in [5.41, 5.74) is -2.08. The van der Waals surface area contributed by atoms with Crippen LogP contribution in [0.2, 0.25) is 10.0 Å². The summed E-state index contributed by atoms with van der Waals surface area (Å²) in [4.78, 5) is 1.35. The molecule has 0 bridgehead atoms. The van der Waals surface area contributed by atoms with Crippen LogP contribution in [0.4, 0.5) is 40.8 Å². The Balaban J connectivity index is 1.83. The minimum absolute atomic E-state index is 0.0582. The molecule has 0 saturated heterocycles. The number of anilines is 1. The van der Waals surface area contributed by atoms with Gasteiger partial charge in [0.2, 0.25) is 0 Å². The minimum Gasteiger partial charge on any atom is -0.465 e. The molecule has 0 radical (unpaired) electrons. The monoisotopic (exact) mass is 649 g/mol. The maximum Gasteiger partial charge on any atom is 0.458 e. The number of aliphatic hydroxyl groups excluding tert-OH is 1. The van der Waals surface area contributed by atoms with Crippen LogP contribution in [0.5, 0.6) is 5.75 Å². The first kappa shape index (κ1) is 32.4. The first-order valence-corrected chi connectivity index (χ1v) is 13.2. The lowest BCUT2D eigenvalue weighted by Crippen LogP contribution is -2.37. The topological polar surface area (TPSA) is 32.7 Å². The third-order valence-corrected chi connectivity index (χ3v) is 7.21. The zero-order valence-corrected chi connectivity index (χ0v) is 23.2. The quantitative estimate of drug-likeness (QED) is 0.145. The number of alkyl halides is 8. The van der Waals surface area contributed by atoms with E-state index in [2.05, 4.69) is 0 Å². The van der Waals surface area contributed by atoms with Crippen molar-refractivity contribution in [1.82, 2.24) is 0 Å². The van der Waals surface area contributed by atoms with E-state index in [1.807, 2.05) is 0 Å². The van der Waals surface area contributed by atoms with Crippen LogP contribution in [0.25, 0.3) is 0 Å². The van der Waals surface area contributed by atoms with Crippen LogP contribution in [0.3, 0.4) is 0 Å². The molecule has 0 spiro atoms. The molecule has 228 valence electrons. The Kier molecular flexibility index (Phi) is 9.48. The highest BCUT2D eigenvalue weighted by Crippen LogP contribution is 2.45. The molecule has 0 amide bonds. The van der Waals surface area contributed by atoms with Crippen LogP contribution < -0.4 is 9.64 Å². The molecular formula is C30H21Cl2F8NO2. The molecule has 4 aromatic rings. The molecule has 13 heteroatoms. The van der Waals surface area contributed by atoms with Gasteiger partial charge in [0.1, 0.15) is 10.8 Å². The van der Waals surface area contributed by atoms with E-state index in [0.29, 0.717) is 17.8 Å². The van der Waals surface area contributed by atoms with Crippen LogP contribution in [-0.2, 0) is 12.1 Å². The summed E-state index contributed by atoms with van der Waals surface area (Å²) in [5, 5.41) is 11.1. The van der Waals surface area contributed by atoms with Gasteiger partial charge in [0, 0.05) is 16.8 Å². The number of para-hydroxylation sites is 1. The predicted molar refractivity (Wildman–Crippen MR) is 146 cm³/mol. The Labute approximate surface area is 250 Å². The predicted octanol–water partition coefficient (Wildman–Crippen LogP) is 9.98. The van der Waals surface area contributed by atoms with Crippen molar-refractivity contribution in [2.75, 3.05) is 11.4 Å². The summed E-state index contributed by atoms with van der Waals surface area (Å²) in [6.45, 7) is -0.405. The van der Waals surface area contributed by atoms with Crippen molar-refractivity contribution in [3.05, 3.63) is 129 Å². The van der Waals surface area contributed by atoms with Gasteiger partial charge in [-0.15, -0.1) is 0 Å². The summed E-state index contributed by atoms with van der Waals surface area (Å²) in [5.74, 6) is -5.27. The van der Waals surface area contributed by atoms with Gasteiger partial charge in [-0.1, -0.05) is 77.8 Å². The van der Waals surface area contributed by atoms with Gasteiger partial charge in [0.05, 0.1) is 23.2 Å². The highest BCUT2D eigenvalue weighted by Gasteiger charge is 2.58. The van der Waals surface area contributed by atoms with Crippen molar-refractivity contribution >= 4 is 28.9 Å². The first-order chi connectivity index (χ1) is 20.1. The number of hydrogen-bond acceptors (Lipinski definition) is 3. The first-order valence-electron chi connectivity index (χ1n) is 12.4. The molecule has 0 aliphatic heterocycles. The molecule has 43 heavy (non-hydrogen) atoms. The SMILES string of the molecule is OC(CN(c1ccccc1)C(Oc1cccc(Cl)c1Cl)c1cccc(C(F)(F)C(F)(F)F)c1)c1ccc(C(F)(F)F)cc1. The largest absolute Gasteiger partial charge is 0.465 e. The second-order valence-corrected chi connectivity index (χ2v) is 10.1. The fourth-order valence-corrected chi connectivity index (χ4v) is 4.54. The fraction of sp³-hybridized carbons (Fsp3) is 0.200. The number of ether oxygens (including phenoxy) is 1. The van der Waals surface area contributed by atoms with Crippen LogP contribution in [0, 0.1) is 0 Å². The fourth-order valence-electron chi connectivity index (χ4n) is 4.20. The summed E-state index contributed by atoms with van der Waals surface area (Å²) < 4.78 is 114. The number of halogens is 10. The maximum atomic E-state index is 14.4. The lowest BCUT2D eigenvalue weighted by Gasteiger charge is -2.36. The summed E-state index contributed by atoms with van der Waals surface area (Å²) >= 11 is 12.4. The lowest BCUT2D eigenvalue weighted by atomic mass is 10.0. The van der Waals surface area contributed by atoms with Crippen LogP contribution in [-0.4, -0.2) is 17.8 Å². The molecule has 2 unspecified atom stereocenters. The smallest absolute Gasteiger partial charge is 0.458 e. The summed E-state index contributed by atoms with van der Waals surface area (Å²) in [6.07, 6.45) is -13.5. The molecule has 2 atom stereocenters. The van der Waals surface area contributed by atoms with Gasteiger partial charge in [-0.3, -0.25) is 0 Å². The van der Waals surface area contributed by atoms with Crippen LogP contribution >= 0.6 is 23.2 Å². The summed E-state index contributed by atoms with van der Waals surface area (Å²) in [7, 11) is 0. The number of nitrogens with zero attached hydrogens (tertiary/aromatic N) is 1. The summed E-state index contributed by atoms with van der Waals surface area (Å²) in [6, 6.07) is 19.5. The molecule has 0 aromatic heterocycles. The van der Waals surface area contributed by atoms with Crippen molar-refractivity contribution < 1.29 is 45.0 Å². The van der Waals surface area contributed by atoms with Crippen molar-refractivity contribution in [2.24, 2.45) is 0 Å². The average molecular weight is 650 g/mol. The van der Waals surface area contributed by atoms with Crippen molar-refractivity contribution in [3.63, 3.8) is 0 Å². The molecule has 0 saturated carbocycles. The Morgan fingerprint density at radius 1 is 0.698 bits per heavy atom. The van der Waals surface area contributed by atoms with Gasteiger partial charge in [0.25, 0.3) is 0 Å². The van der Waals surface area contributed by atoms with Crippen LogP contribution in [0.15, 0.2) is 97.1 Å². The van der Waals surface area contributed by atoms with E-state index in [0.717, 1.165) is 30.3 Å². The Hall–Kier alpha value is -3.54. The van der Waals surface area contributed by atoms with Crippen LogP contribution in [0.1, 0.15) is 34.6 Å². The highest BCUT2D eigenvalue weighted by molar-refractivity contribution is 6.42. The van der Waals surface area contributed by atoms with E-state index < -0.39 is 48.3 Å². The molecule has 0 heterocycles. The molecule has 4 rings (SSSR count). The third-order valence-electron chi connectivity index (χ3n) is 6.41. The van der Waals surface area contributed by atoms with Gasteiger partial charge in [0.15, 0.2) is 6.23 Å². The molecule has 4 aromatic carbocycles. The Morgan fingerprint density at radius 2 is 1.33 bits per heavy atom. The van der Waals surface area contributed by atoms with Gasteiger partial charge >= 0.3 is 18.3 Å². The van der Waals surface area contributed by atoms with Crippen molar-refractivity contribution in [2.45, 2.75) is 30.6 Å². The minimum atomic E-state index is -5.89. The molecule has 0 fully saturated rings. The average Bonchev–Trinajstić information content (AvgIpc) is 2.96. The number of hydrogen-bond donors (Lipinski definition) is 1. The zero-order chi connectivity index (χ0) is 31.6. The van der Waals surface area contributed by atoms with Gasteiger partial charge in [-0.2, -0.15) is 35.1 Å². The molecule has 3 nitrogen and oxygen atoms in total. The normalized spacial score (nSPS) is 13.8. The molecule has 1 N–H and O–H groups in total. The number of rotatable bonds is 9. The zero-order valence-electron chi connectivity index (χ0n) is 21.7. The van der Waals surface area contributed by atoms with Crippen molar-refractivity contribution in [1.29, 1.82) is 0 Å². The Bertz CT molecular complexity index is 1530. The van der Waals surface area contributed by atoms with E-state index in [9.17, 15) is 40.2 Å². The second kappa shape index (κ2) is 12.6. The molecular weight excluding hydrogens is 629 g/mol. The van der Waals surface area contributed by atoms with E-state index in [4.69, 9.17) is 27.9 Å². The van der Waals surface area contributed by atoms with Gasteiger partial charge in [-0.25, -0.2) is 0 Å². The van der Waals surface area contributed by atoms with E-state index in [1.54, 1.807) is 30.3 Å². The van der Waals surface area contributed by atoms with E-state index >= 15 is 0 Å². The number of aliphatic hydroxyl groups is 1. The standard InChI is InChI=1S/C30H21Cl2F8NO2/c31-23-10-5-11-25(26(23)32)43-27(19-6-4-7-21(16-19)28(33,34)30(38,39)40)41(22-8-2-1-3-9-22)17-24(42)18-12-14-20(15-13-18)29(35,36)37/h1-16,24,27,42H,17H2. The van der Waals surface area contributed by atoms with E-state index in [-0.39, 0.29) is 26.9 Å². The maximum absolute atomic E-state index is 14.4.